The molecule has 0 unspecified atom stereocenters. The molecule has 0 amide bonds. The van der Waals surface area contributed by atoms with Crippen LogP contribution in [0.3, 0.4) is 0 Å². The van der Waals surface area contributed by atoms with Crippen LogP contribution in [0.5, 0.6) is 0 Å². The second kappa shape index (κ2) is 5.95. The minimum Gasteiger partial charge on any atom is -0.309 e. The van der Waals surface area contributed by atoms with Gasteiger partial charge in [0.1, 0.15) is 0 Å². The highest BCUT2D eigenvalue weighted by Gasteiger charge is 2.05. The summed E-state index contributed by atoms with van der Waals surface area (Å²) in [5.41, 5.74) is 2.17. The molecular formula is C14H16N2O2S. The van der Waals surface area contributed by atoms with Gasteiger partial charge in [-0.25, -0.2) is 8.42 Å². The van der Waals surface area contributed by atoms with Gasteiger partial charge in [0.2, 0.25) is 0 Å². The third kappa shape index (κ3) is 4.15. The van der Waals surface area contributed by atoms with Crippen LogP contribution in [0.15, 0.2) is 53.7 Å². The molecule has 5 heteroatoms. The third-order valence-corrected chi connectivity index (χ3v) is 3.86. The van der Waals surface area contributed by atoms with Crippen molar-refractivity contribution in [1.29, 1.82) is 0 Å². The molecule has 0 aliphatic heterocycles. The van der Waals surface area contributed by atoms with E-state index in [1.165, 1.54) is 6.26 Å². The highest BCUT2D eigenvalue weighted by Crippen LogP contribution is 2.10. The Morgan fingerprint density at radius 3 is 2.32 bits per heavy atom. The quantitative estimate of drug-likeness (QED) is 0.904. The number of nitrogens with zero attached hydrogens (tertiary/aromatic N) is 1. The molecule has 0 saturated heterocycles. The lowest BCUT2D eigenvalue weighted by molar-refractivity contribution is 0.602. The van der Waals surface area contributed by atoms with Gasteiger partial charge in [-0.1, -0.05) is 18.2 Å². The zero-order chi connectivity index (χ0) is 13.7. The molecule has 0 aliphatic rings. The van der Waals surface area contributed by atoms with Crippen LogP contribution in [0.4, 0.5) is 0 Å². The van der Waals surface area contributed by atoms with Crippen molar-refractivity contribution in [2.45, 2.75) is 18.0 Å². The van der Waals surface area contributed by atoms with E-state index in [-0.39, 0.29) is 0 Å². The zero-order valence-corrected chi connectivity index (χ0v) is 11.5. The summed E-state index contributed by atoms with van der Waals surface area (Å²) in [6.07, 6.45) is 4.77. The molecule has 0 bridgehead atoms. The molecule has 1 aromatic carbocycles. The molecule has 1 aromatic heterocycles. The minimum atomic E-state index is -3.11. The Morgan fingerprint density at radius 1 is 1.05 bits per heavy atom. The van der Waals surface area contributed by atoms with Crippen molar-refractivity contribution in [3.05, 3.63) is 59.9 Å². The topological polar surface area (TPSA) is 59.1 Å². The molecule has 2 rings (SSSR count). The van der Waals surface area contributed by atoms with Crippen molar-refractivity contribution in [1.82, 2.24) is 10.3 Å². The Hall–Kier alpha value is -1.72. The van der Waals surface area contributed by atoms with Gasteiger partial charge in [-0.2, -0.15) is 0 Å². The number of sulfone groups is 1. The van der Waals surface area contributed by atoms with Crippen LogP contribution in [-0.2, 0) is 22.9 Å². The fourth-order valence-electron chi connectivity index (χ4n) is 1.71. The second-order valence-corrected chi connectivity index (χ2v) is 6.40. The van der Waals surface area contributed by atoms with Gasteiger partial charge in [-0.05, 0) is 29.3 Å². The van der Waals surface area contributed by atoms with Gasteiger partial charge in [-0.15, -0.1) is 0 Å². The van der Waals surface area contributed by atoms with Gasteiger partial charge >= 0.3 is 0 Å². The van der Waals surface area contributed by atoms with Gasteiger partial charge < -0.3 is 5.32 Å². The Morgan fingerprint density at radius 2 is 1.74 bits per heavy atom. The average Bonchev–Trinajstić information content (AvgIpc) is 2.39. The van der Waals surface area contributed by atoms with E-state index < -0.39 is 9.84 Å². The number of aromatic nitrogens is 1. The molecule has 19 heavy (non-hydrogen) atoms. The average molecular weight is 276 g/mol. The standard InChI is InChI=1S/C14H16N2O2S/c1-19(17,18)14-6-4-12(5-7-14)9-16-11-13-3-2-8-15-10-13/h2-8,10,16H,9,11H2,1H3. The summed E-state index contributed by atoms with van der Waals surface area (Å²) in [6, 6.07) is 10.8. The van der Waals surface area contributed by atoms with Gasteiger partial charge in [0.05, 0.1) is 4.90 Å². The van der Waals surface area contributed by atoms with Crippen LogP contribution in [0.1, 0.15) is 11.1 Å². The molecular weight excluding hydrogens is 260 g/mol. The molecule has 4 nitrogen and oxygen atoms in total. The summed E-state index contributed by atoms with van der Waals surface area (Å²) in [6.45, 7) is 1.43. The number of benzene rings is 1. The monoisotopic (exact) mass is 276 g/mol. The summed E-state index contributed by atoms with van der Waals surface area (Å²) in [5, 5.41) is 3.29. The maximum absolute atomic E-state index is 11.3. The Labute approximate surface area is 113 Å². The zero-order valence-electron chi connectivity index (χ0n) is 10.7. The Balaban J connectivity index is 1.90. The van der Waals surface area contributed by atoms with Crippen LogP contribution in [0, 0.1) is 0 Å². The molecule has 0 radical (unpaired) electrons. The first-order chi connectivity index (χ1) is 9.05. The van der Waals surface area contributed by atoms with Crippen molar-refractivity contribution in [2.24, 2.45) is 0 Å². The highest BCUT2D eigenvalue weighted by atomic mass is 32.2. The lowest BCUT2D eigenvalue weighted by Crippen LogP contribution is -2.12. The van der Waals surface area contributed by atoms with Crippen LogP contribution in [0.25, 0.3) is 0 Å². The number of rotatable bonds is 5. The van der Waals surface area contributed by atoms with Crippen molar-refractivity contribution >= 4 is 9.84 Å². The lowest BCUT2D eigenvalue weighted by Gasteiger charge is -2.05. The minimum absolute atomic E-state index is 0.350. The molecule has 1 heterocycles. The van der Waals surface area contributed by atoms with E-state index in [1.807, 2.05) is 30.5 Å². The van der Waals surface area contributed by atoms with Gasteiger partial charge in [0.25, 0.3) is 0 Å². The summed E-state index contributed by atoms with van der Waals surface area (Å²) in [4.78, 5) is 4.39. The van der Waals surface area contributed by atoms with Crippen LogP contribution < -0.4 is 5.32 Å². The van der Waals surface area contributed by atoms with Crippen molar-refractivity contribution in [3.63, 3.8) is 0 Å². The molecule has 0 atom stereocenters. The fourth-order valence-corrected chi connectivity index (χ4v) is 2.34. The van der Waals surface area contributed by atoms with E-state index in [2.05, 4.69) is 10.3 Å². The maximum atomic E-state index is 11.3. The predicted molar refractivity (Wildman–Crippen MR) is 74.3 cm³/mol. The normalized spacial score (nSPS) is 11.4. The first-order valence-electron chi connectivity index (χ1n) is 5.94. The predicted octanol–water partition coefficient (Wildman–Crippen LogP) is 1.77. The lowest BCUT2D eigenvalue weighted by atomic mass is 10.2. The van der Waals surface area contributed by atoms with Crippen LogP contribution in [0.2, 0.25) is 0 Å². The van der Waals surface area contributed by atoms with E-state index in [1.54, 1.807) is 18.3 Å². The smallest absolute Gasteiger partial charge is 0.175 e. The first-order valence-corrected chi connectivity index (χ1v) is 7.83. The Bertz CT molecular complexity index is 622. The molecule has 1 N–H and O–H groups in total. The van der Waals surface area contributed by atoms with Gasteiger partial charge in [0.15, 0.2) is 9.84 Å². The molecule has 0 fully saturated rings. The number of hydrogen-bond donors (Lipinski definition) is 1. The maximum Gasteiger partial charge on any atom is 0.175 e. The molecule has 2 aromatic rings. The summed E-state index contributed by atoms with van der Waals surface area (Å²) in [7, 11) is -3.11. The number of hydrogen-bond acceptors (Lipinski definition) is 4. The largest absolute Gasteiger partial charge is 0.309 e. The van der Waals surface area contributed by atoms with Gasteiger partial charge in [-0.3, -0.25) is 4.98 Å². The van der Waals surface area contributed by atoms with E-state index in [0.717, 1.165) is 17.7 Å². The van der Waals surface area contributed by atoms with E-state index in [9.17, 15) is 8.42 Å². The number of nitrogens with one attached hydrogen (secondary N) is 1. The first kappa shape index (κ1) is 13.7. The fraction of sp³-hybridized carbons (Fsp3) is 0.214. The van der Waals surface area contributed by atoms with Gasteiger partial charge in [0, 0.05) is 31.7 Å². The Kier molecular flexibility index (Phi) is 4.29. The van der Waals surface area contributed by atoms with E-state index in [0.29, 0.717) is 11.4 Å². The van der Waals surface area contributed by atoms with Crippen LogP contribution >= 0.6 is 0 Å². The highest BCUT2D eigenvalue weighted by molar-refractivity contribution is 7.90. The van der Waals surface area contributed by atoms with Crippen molar-refractivity contribution < 1.29 is 8.42 Å². The molecule has 100 valence electrons. The molecule has 0 spiro atoms. The molecule has 0 saturated carbocycles. The summed E-state index contributed by atoms with van der Waals surface area (Å²) in [5.74, 6) is 0. The van der Waals surface area contributed by atoms with E-state index in [4.69, 9.17) is 0 Å². The molecule has 0 aliphatic carbocycles. The number of pyridine rings is 1. The van der Waals surface area contributed by atoms with Crippen LogP contribution in [-0.4, -0.2) is 19.7 Å². The summed E-state index contributed by atoms with van der Waals surface area (Å²) < 4.78 is 22.6. The SMILES string of the molecule is CS(=O)(=O)c1ccc(CNCc2cccnc2)cc1. The van der Waals surface area contributed by atoms with Crippen molar-refractivity contribution in [2.75, 3.05) is 6.26 Å². The second-order valence-electron chi connectivity index (χ2n) is 4.38. The summed E-state index contributed by atoms with van der Waals surface area (Å²) >= 11 is 0. The third-order valence-electron chi connectivity index (χ3n) is 2.73. The van der Waals surface area contributed by atoms with E-state index >= 15 is 0 Å². The van der Waals surface area contributed by atoms with Crippen molar-refractivity contribution in [3.8, 4) is 0 Å².